The van der Waals surface area contributed by atoms with Crippen molar-refractivity contribution in [3.63, 3.8) is 0 Å². The average molecular weight is 409 g/mol. The van der Waals surface area contributed by atoms with E-state index in [0.29, 0.717) is 12.3 Å². The Morgan fingerprint density at radius 3 is 2.77 bits per heavy atom. The predicted octanol–water partition coefficient (Wildman–Crippen LogP) is 4.60. The summed E-state index contributed by atoms with van der Waals surface area (Å²) in [5.74, 6) is 1.24. The van der Waals surface area contributed by atoms with Crippen molar-refractivity contribution in [2.75, 3.05) is 13.1 Å². The van der Waals surface area contributed by atoms with Crippen LogP contribution in [0.15, 0.2) is 71.5 Å². The van der Waals surface area contributed by atoms with Crippen molar-refractivity contribution in [2.24, 2.45) is 0 Å². The number of nitrogens with one attached hydrogen (secondary N) is 1. The number of piperidine rings is 1. The van der Waals surface area contributed by atoms with Crippen LogP contribution in [0.3, 0.4) is 0 Å². The molecule has 4 heterocycles. The van der Waals surface area contributed by atoms with E-state index in [0.717, 1.165) is 59.6 Å². The van der Waals surface area contributed by atoms with E-state index in [-0.39, 0.29) is 0 Å². The summed E-state index contributed by atoms with van der Waals surface area (Å²) >= 11 is 0. The van der Waals surface area contributed by atoms with E-state index in [4.69, 9.17) is 9.40 Å². The van der Waals surface area contributed by atoms with Gasteiger partial charge in [0, 0.05) is 23.6 Å². The molecule has 1 saturated heterocycles. The summed E-state index contributed by atoms with van der Waals surface area (Å²) in [5.41, 5.74) is 7.43. The van der Waals surface area contributed by atoms with Gasteiger partial charge in [0.25, 0.3) is 0 Å². The number of benzene rings is 2. The zero-order valence-electron chi connectivity index (χ0n) is 17.2. The lowest BCUT2D eigenvalue weighted by molar-refractivity contribution is 0.448. The molecule has 0 amide bonds. The molecule has 6 nitrogen and oxygen atoms in total. The first-order valence-electron chi connectivity index (χ1n) is 10.8. The highest BCUT2D eigenvalue weighted by Crippen LogP contribution is 2.35. The van der Waals surface area contributed by atoms with Crippen molar-refractivity contribution in [1.82, 2.24) is 24.9 Å². The van der Waals surface area contributed by atoms with Crippen molar-refractivity contribution in [3.8, 4) is 11.1 Å². The van der Waals surface area contributed by atoms with Crippen molar-refractivity contribution in [1.29, 1.82) is 0 Å². The highest BCUT2D eigenvalue weighted by atomic mass is 16.3. The van der Waals surface area contributed by atoms with E-state index in [2.05, 4.69) is 50.2 Å². The topological polar surface area (TPSA) is 68.2 Å². The summed E-state index contributed by atoms with van der Waals surface area (Å²) in [6, 6.07) is 18.8. The second-order valence-electron chi connectivity index (χ2n) is 8.17. The van der Waals surface area contributed by atoms with Crippen molar-refractivity contribution < 1.29 is 4.42 Å². The molecule has 6 heteroatoms. The zero-order chi connectivity index (χ0) is 20.6. The average Bonchev–Trinajstić information content (AvgIpc) is 3.41. The van der Waals surface area contributed by atoms with Crippen LogP contribution in [0.25, 0.3) is 27.7 Å². The van der Waals surface area contributed by atoms with E-state index in [9.17, 15) is 0 Å². The van der Waals surface area contributed by atoms with Crippen LogP contribution in [0.4, 0.5) is 0 Å². The third-order valence-corrected chi connectivity index (χ3v) is 6.17. The van der Waals surface area contributed by atoms with E-state index in [1.807, 2.05) is 30.5 Å². The molecule has 2 aromatic carbocycles. The number of hydrogen-bond acceptors (Lipinski definition) is 5. The lowest BCUT2D eigenvalue weighted by Crippen LogP contribution is -2.27. The van der Waals surface area contributed by atoms with Gasteiger partial charge in [-0.15, -0.1) is 0 Å². The number of oxazole rings is 1. The Morgan fingerprint density at radius 1 is 1.03 bits per heavy atom. The molecule has 31 heavy (non-hydrogen) atoms. The third-order valence-electron chi connectivity index (χ3n) is 6.17. The van der Waals surface area contributed by atoms with Gasteiger partial charge in [-0.2, -0.15) is 5.10 Å². The number of nitrogens with zero attached hydrogens (tertiary/aromatic N) is 4. The van der Waals surface area contributed by atoms with E-state index >= 15 is 0 Å². The lowest BCUT2D eigenvalue weighted by atomic mass is 9.94. The summed E-state index contributed by atoms with van der Waals surface area (Å²) in [5, 5.41) is 8.02. The Labute approximate surface area is 180 Å². The number of fused-ring (bicyclic) bond motifs is 2. The fourth-order valence-electron chi connectivity index (χ4n) is 4.60. The van der Waals surface area contributed by atoms with Crippen molar-refractivity contribution >= 4 is 16.6 Å². The Bertz CT molecular complexity index is 1350. The molecule has 0 saturated carbocycles. The van der Waals surface area contributed by atoms with E-state index in [1.54, 1.807) is 6.33 Å². The van der Waals surface area contributed by atoms with Gasteiger partial charge >= 0.3 is 0 Å². The Balaban J connectivity index is 1.40. The van der Waals surface area contributed by atoms with Gasteiger partial charge in [0.15, 0.2) is 11.5 Å². The second kappa shape index (κ2) is 7.63. The Hall–Kier alpha value is -3.51. The summed E-state index contributed by atoms with van der Waals surface area (Å²) in [6.45, 7) is 2.10. The molecular formula is C25H23N5O. The Morgan fingerprint density at radius 2 is 1.90 bits per heavy atom. The van der Waals surface area contributed by atoms with Crippen LogP contribution in [0.2, 0.25) is 0 Å². The monoisotopic (exact) mass is 409 g/mol. The van der Waals surface area contributed by atoms with E-state index in [1.165, 1.54) is 11.3 Å². The quantitative estimate of drug-likeness (QED) is 0.470. The standard InChI is InChI=1S/C25H23N5O/c1-2-4-17(5-3-1)12-25-29-21-13-19(6-7-24(21)31-25)20-14-22(18-8-10-26-11-9-18)30-23(20)15-27-16-28-30/h1-7,13-16,18,26H,8-12H2. The number of aromatic nitrogens is 4. The molecule has 0 spiro atoms. The first kappa shape index (κ1) is 18.3. The number of hydrogen-bond donors (Lipinski definition) is 1. The maximum absolute atomic E-state index is 6.00. The molecule has 1 fully saturated rings. The van der Waals surface area contributed by atoms with Gasteiger partial charge in [-0.3, -0.25) is 0 Å². The summed E-state index contributed by atoms with van der Waals surface area (Å²) < 4.78 is 8.06. The second-order valence-corrected chi connectivity index (χ2v) is 8.17. The SMILES string of the molecule is c1ccc(Cc2nc3cc(-c4cc(C5CCNCC5)n5ncncc45)ccc3o2)cc1. The van der Waals surface area contributed by atoms with Crippen LogP contribution in [-0.2, 0) is 6.42 Å². The van der Waals surface area contributed by atoms with Crippen molar-refractivity contribution in [3.05, 3.63) is 84.3 Å². The van der Waals surface area contributed by atoms with Crippen LogP contribution in [-0.4, -0.2) is 32.7 Å². The summed E-state index contributed by atoms with van der Waals surface area (Å²) in [4.78, 5) is 9.05. The predicted molar refractivity (Wildman–Crippen MR) is 120 cm³/mol. The molecule has 0 aliphatic carbocycles. The molecule has 154 valence electrons. The van der Waals surface area contributed by atoms with Gasteiger partial charge in [-0.1, -0.05) is 36.4 Å². The minimum absolute atomic E-state index is 0.505. The molecular weight excluding hydrogens is 386 g/mol. The highest BCUT2D eigenvalue weighted by molar-refractivity contribution is 5.87. The van der Waals surface area contributed by atoms with Gasteiger partial charge in [-0.25, -0.2) is 14.5 Å². The minimum atomic E-state index is 0.505. The van der Waals surface area contributed by atoms with Gasteiger partial charge in [0.2, 0.25) is 0 Å². The van der Waals surface area contributed by atoms with Gasteiger partial charge in [-0.05, 0) is 55.3 Å². The fraction of sp³-hybridized carbons (Fsp3) is 0.240. The van der Waals surface area contributed by atoms with Crippen LogP contribution in [0.1, 0.15) is 35.9 Å². The van der Waals surface area contributed by atoms with E-state index < -0.39 is 0 Å². The molecule has 5 aromatic rings. The van der Waals surface area contributed by atoms with Gasteiger partial charge in [0.05, 0.1) is 11.7 Å². The highest BCUT2D eigenvalue weighted by Gasteiger charge is 2.22. The third kappa shape index (κ3) is 3.39. The first-order chi connectivity index (χ1) is 15.3. The maximum Gasteiger partial charge on any atom is 0.199 e. The Kier molecular flexibility index (Phi) is 4.50. The molecule has 0 bridgehead atoms. The molecule has 0 unspecified atom stereocenters. The molecule has 3 aromatic heterocycles. The number of rotatable bonds is 4. The summed E-state index contributed by atoms with van der Waals surface area (Å²) in [6.07, 6.45) is 6.47. The minimum Gasteiger partial charge on any atom is -0.440 e. The normalized spacial score (nSPS) is 15.1. The smallest absolute Gasteiger partial charge is 0.199 e. The van der Waals surface area contributed by atoms with Crippen molar-refractivity contribution in [2.45, 2.75) is 25.2 Å². The van der Waals surface area contributed by atoms with Gasteiger partial charge < -0.3 is 9.73 Å². The van der Waals surface area contributed by atoms with Crippen LogP contribution < -0.4 is 5.32 Å². The molecule has 1 aliphatic rings. The van der Waals surface area contributed by atoms with Crippen LogP contribution >= 0.6 is 0 Å². The maximum atomic E-state index is 6.00. The fourth-order valence-corrected chi connectivity index (χ4v) is 4.60. The molecule has 1 N–H and O–H groups in total. The molecule has 6 rings (SSSR count). The largest absolute Gasteiger partial charge is 0.440 e. The molecule has 1 aliphatic heterocycles. The first-order valence-corrected chi connectivity index (χ1v) is 10.8. The van der Waals surface area contributed by atoms with Crippen LogP contribution in [0, 0.1) is 0 Å². The zero-order valence-corrected chi connectivity index (χ0v) is 17.2. The molecule has 0 atom stereocenters. The lowest BCUT2D eigenvalue weighted by Gasteiger charge is -2.22. The summed E-state index contributed by atoms with van der Waals surface area (Å²) in [7, 11) is 0. The van der Waals surface area contributed by atoms with Gasteiger partial charge in [0.1, 0.15) is 11.8 Å². The molecule has 0 radical (unpaired) electrons. The van der Waals surface area contributed by atoms with Crippen LogP contribution in [0.5, 0.6) is 0 Å².